The molecule has 2 amide bonds. The Hall–Kier alpha value is -3.60. The summed E-state index contributed by atoms with van der Waals surface area (Å²) >= 11 is 0. The molecule has 0 radical (unpaired) electrons. The van der Waals surface area contributed by atoms with Crippen LogP contribution in [0.25, 0.3) is 0 Å². The first kappa shape index (κ1) is 22.1. The van der Waals surface area contributed by atoms with E-state index in [0.29, 0.717) is 12.2 Å². The molecule has 2 N–H and O–H groups in total. The molecular weight excluding hydrogens is 388 g/mol. The number of benzene rings is 3. The van der Waals surface area contributed by atoms with E-state index >= 15 is 0 Å². The van der Waals surface area contributed by atoms with Crippen molar-refractivity contribution >= 4 is 11.8 Å². The number of amides is 2. The second-order valence-corrected chi connectivity index (χ2v) is 7.30. The van der Waals surface area contributed by atoms with Crippen molar-refractivity contribution in [2.45, 2.75) is 32.4 Å². The minimum Gasteiger partial charge on any atom is -0.494 e. The van der Waals surface area contributed by atoms with Gasteiger partial charge in [0.25, 0.3) is 5.91 Å². The molecule has 2 atom stereocenters. The Balaban J connectivity index is 1.69. The number of rotatable bonds is 9. The van der Waals surface area contributed by atoms with Crippen LogP contribution >= 0.6 is 0 Å². The van der Waals surface area contributed by atoms with Gasteiger partial charge in [0.2, 0.25) is 5.91 Å². The molecule has 0 aliphatic heterocycles. The van der Waals surface area contributed by atoms with E-state index in [1.165, 1.54) is 0 Å². The zero-order chi connectivity index (χ0) is 22.1. The predicted octanol–water partition coefficient (Wildman–Crippen LogP) is 4.82. The third-order valence-corrected chi connectivity index (χ3v) is 4.98. The molecule has 160 valence electrons. The maximum Gasteiger partial charge on any atom is 0.251 e. The summed E-state index contributed by atoms with van der Waals surface area (Å²) in [7, 11) is 0. The number of nitrogens with one attached hydrogen (secondary N) is 2. The summed E-state index contributed by atoms with van der Waals surface area (Å²) in [6, 6.07) is 25.6. The van der Waals surface area contributed by atoms with E-state index in [4.69, 9.17) is 4.74 Å². The van der Waals surface area contributed by atoms with Gasteiger partial charge in [-0.2, -0.15) is 0 Å². The van der Waals surface area contributed by atoms with Crippen LogP contribution in [-0.2, 0) is 4.79 Å². The smallest absolute Gasteiger partial charge is 0.251 e. The van der Waals surface area contributed by atoms with Gasteiger partial charge in [0, 0.05) is 5.56 Å². The first-order valence-electron chi connectivity index (χ1n) is 10.5. The highest BCUT2D eigenvalue weighted by atomic mass is 16.5. The highest BCUT2D eigenvalue weighted by Gasteiger charge is 2.20. The predicted molar refractivity (Wildman–Crippen MR) is 122 cm³/mol. The molecule has 5 nitrogen and oxygen atoms in total. The topological polar surface area (TPSA) is 67.4 Å². The van der Waals surface area contributed by atoms with Crippen molar-refractivity contribution in [1.29, 1.82) is 0 Å². The molecule has 0 aliphatic carbocycles. The Morgan fingerprint density at radius 2 is 1.48 bits per heavy atom. The lowest BCUT2D eigenvalue weighted by Gasteiger charge is -2.21. The molecule has 0 fully saturated rings. The zero-order valence-electron chi connectivity index (χ0n) is 17.9. The number of ether oxygens (including phenoxy) is 1. The van der Waals surface area contributed by atoms with Crippen LogP contribution in [0.5, 0.6) is 5.75 Å². The normalized spacial score (nSPS) is 12.5. The SMILES string of the molecule is CCOc1cccc([C@H](C)NC(=O)C[C@H](NC(=O)c2ccccc2)c2ccccc2)c1. The molecule has 0 spiro atoms. The Kier molecular flexibility index (Phi) is 7.82. The van der Waals surface area contributed by atoms with Gasteiger partial charge in [-0.05, 0) is 49.2 Å². The Morgan fingerprint density at radius 3 is 2.16 bits per heavy atom. The van der Waals surface area contributed by atoms with Crippen molar-refractivity contribution < 1.29 is 14.3 Å². The lowest BCUT2D eigenvalue weighted by Crippen LogP contribution is -2.34. The van der Waals surface area contributed by atoms with Gasteiger partial charge >= 0.3 is 0 Å². The van der Waals surface area contributed by atoms with Gasteiger partial charge < -0.3 is 15.4 Å². The number of carbonyl (C=O) groups excluding carboxylic acids is 2. The van der Waals surface area contributed by atoms with Gasteiger partial charge in [0.1, 0.15) is 5.75 Å². The molecule has 5 heteroatoms. The summed E-state index contributed by atoms with van der Waals surface area (Å²) in [5, 5.41) is 6.03. The summed E-state index contributed by atoms with van der Waals surface area (Å²) < 4.78 is 5.55. The van der Waals surface area contributed by atoms with Crippen molar-refractivity contribution in [2.75, 3.05) is 6.61 Å². The monoisotopic (exact) mass is 416 g/mol. The summed E-state index contributed by atoms with van der Waals surface area (Å²) in [5.41, 5.74) is 2.40. The largest absolute Gasteiger partial charge is 0.494 e. The third-order valence-electron chi connectivity index (χ3n) is 4.98. The molecule has 0 aromatic heterocycles. The molecule has 0 bridgehead atoms. The highest BCUT2D eigenvalue weighted by molar-refractivity contribution is 5.94. The Morgan fingerprint density at radius 1 is 0.839 bits per heavy atom. The number of hydrogen-bond acceptors (Lipinski definition) is 3. The lowest BCUT2D eigenvalue weighted by molar-refractivity contribution is -0.122. The van der Waals surface area contributed by atoms with E-state index < -0.39 is 6.04 Å². The highest BCUT2D eigenvalue weighted by Crippen LogP contribution is 2.21. The van der Waals surface area contributed by atoms with Crippen molar-refractivity contribution in [3.8, 4) is 5.75 Å². The van der Waals surface area contributed by atoms with E-state index in [1.54, 1.807) is 12.1 Å². The minimum atomic E-state index is -0.434. The van der Waals surface area contributed by atoms with Crippen LogP contribution in [0.4, 0.5) is 0 Å². The second kappa shape index (κ2) is 11.0. The fourth-order valence-electron chi connectivity index (χ4n) is 3.38. The zero-order valence-corrected chi connectivity index (χ0v) is 17.9. The summed E-state index contributed by atoms with van der Waals surface area (Å²) in [6.07, 6.45) is 0.137. The molecular formula is C26H28N2O3. The summed E-state index contributed by atoms with van der Waals surface area (Å²) in [4.78, 5) is 25.5. The third kappa shape index (κ3) is 6.44. The van der Waals surface area contributed by atoms with Gasteiger partial charge in [-0.25, -0.2) is 0 Å². The van der Waals surface area contributed by atoms with Crippen LogP contribution in [0.1, 0.15) is 53.8 Å². The van der Waals surface area contributed by atoms with Gasteiger partial charge in [-0.1, -0.05) is 60.7 Å². The summed E-state index contributed by atoms with van der Waals surface area (Å²) in [5.74, 6) is 0.426. The Labute approximate surface area is 183 Å². The minimum absolute atomic E-state index is 0.137. The second-order valence-electron chi connectivity index (χ2n) is 7.30. The fraction of sp³-hybridized carbons (Fsp3) is 0.231. The lowest BCUT2D eigenvalue weighted by atomic mass is 10.0. The molecule has 3 rings (SSSR count). The van der Waals surface area contributed by atoms with Crippen LogP contribution < -0.4 is 15.4 Å². The van der Waals surface area contributed by atoms with Crippen molar-refractivity contribution in [3.05, 3.63) is 102 Å². The molecule has 0 aliphatic rings. The standard InChI is InChI=1S/C26H28N2O3/c1-3-31-23-16-10-15-22(17-23)19(2)27-25(29)18-24(20-11-6-4-7-12-20)28-26(30)21-13-8-5-9-14-21/h4-17,19,24H,3,18H2,1-2H3,(H,27,29)(H,28,30)/t19-,24-/m0/s1. The van der Waals surface area contributed by atoms with E-state index in [2.05, 4.69) is 10.6 Å². The van der Waals surface area contributed by atoms with Crippen LogP contribution in [0.2, 0.25) is 0 Å². The van der Waals surface area contributed by atoms with E-state index in [-0.39, 0.29) is 24.3 Å². The van der Waals surface area contributed by atoms with Crippen LogP contribution in [-0.4, -0.2) is 18.4 Å². The van der Waals surface area contributed by atoms with Crippen LogP contribution in [0, 0.1) is 0 Å². The Bertz CT molecular complexity index is 990. The first-order valence-corrected chi connectivity index (χ1v) is 10.5. The average molecular weight is 417 g/mol. The van der Waals surface area contributed by atoms with E-state index in [9.17, 15) is 9.59 Å². The van der Waals surface area contributed by atoms with Crippen molar-refractivity contribution in [2.24, 2.45) is 0 Å². The maximum atomic E-state index is 12.8. The molecule has 0 heterocycles. The van der Waals surface area contributed by atoms with Crippen LogP contribution in [0.3, 0.4) is 0 Å². The molecule has 3 aromatic rings. The van der Waals surface area contributed by atoms with Crippen molar-refractivity contribution in [3.63, 3.8) is 0 Å². The van der Waals surface area contributed by atoms with Crippen LogP contribution in [0.15, 0.2) is 84.9 Å². The number of carbonyl (C=O) groups is 2. The first-order chi connectivity index (χ1) is 15.1. The fourth-order valence-corrected chi connectivity index (χ4v) is 3.38. The van der Waals surface area contributed by atoms with E-state index in [1.807, 2.05) is 86.6 Å². The molecule has 0 saturated carbocycles. The maximum absolute atomic E-state index is 12.8. The molecule has 3 aromatic carbocycles. The molecule has 0 saturated heterocycles. The van der Waals surface area contributed by atoms with Gasteiger partial charge in [-0.3, -0.25) is 9.59 Å². The van der Waals surface area contributed by atoms with Gasteiger partial charge in [0.15, 0.2) is 0 Å². The summed E-state index contributed by atoms with van der Waals surface area (Å²) in [6.45, 7) is 4.46. The molecule has 31 heavy (non-hydrogen) atoms. The van der Waals surface area contributed by atoms with E-state index in [0.717, 1.165) is 16.9 Å². The molecule has 0 unspecified atom stereocenters. The van der Waals surface area contributed by atoms with Crippen molar-refractivity contribution in [1.82, 2.24) is 10.6 Å². The quantitative estimate of drug-likeness (QED) is 0.525. The van der Waals surface area contributed by atoms with Gasteiger partial charge in [0.05, 0.1) is 25.1 Å². The number of hydrogen-bond donors (Lipinski definition) is 2. The van der Waals surface area contributed by atoms with Gasteiger partial charge in [-0.15, -0.1) is 0 Å². The average Bonchev–Trinajstić information content (AvgIpc) is 2.80.